The minimum absolute atomic E-state index is 0.210. The number of rotatable bonds is 5. The van der Waals surface area contributed by atoms with E-state index < -0.39 is 0 Å². The molecule has 26 heavy (non-hydrogen) atoms. The van der Waals surface area contributed by atoms with Gasteiger partial charge in [-0.05, 0) is 77.1 Å². The van der Waals surface area contributed by atoms with Crippen molar-refractivity contribution >= 4 is 21.8 Å². The highest BCUT2D eigenvalue weighted by Crippen LogP contribution is 2.21. The average Bonchev–Trinajstić information content (AvgIpc) is 2.62. The summed E-state index contributed by atoms with van der Waals surface area (Å²) < 4.78 is 13.7. The summed E-state index contributed by atoms with van der Waals surface area (Å²) in [6, 6.07) is 12.3. The van der Waals surface area contributed by atoms with Gasteiger partial charge in [0, 0.05) is 17.6 Å². The van der Waals surface area contributed by atoms with E-state index in [4.69, 9.17) is 0 Å². The lowest BCUT2D eigenvalue weighted by atomic mass is 9.98. The van der Waals surface area contributed by atoms with Gasteiger partial charge in [-0.25, -0.2) is 4.39 Å². The van der Waals surface area contributed by atoms with Gasteiger partial charge in [-0.15, -0.1) is 0 Å². The molecule has 138 valence electrons. The van der Waals surface area contributed by atoms with Gasteiger partial charge in [-0.2, -0.15) is 0 Å². The number of amides is 1. The molecule has 0 unspecified atom stereocenters. The summed E-state index contributed by atoms with van der Waals surface area (Å²) in [6.07, 6.45) is 2.50. The van der Waals surface area contributed by atoms with Crippen LogP contribution in [0.15, 0.2) is 46.9 Å². The molecule has 0 bridgehead atoms. The van der Waals surface area contributed by atoms with E-state index in [2.05, 4.69) is 45.2 Å². The normalized spacial score (nSPS) is 15.8. The van der Waals surface area contributed by atoms with Crippen LogP contribution in [-0.4, -0.2) is 23.9 Å². The second kappa shape index (κ2) is 8.78. The Morgan fingerprint density at radius 2 is 1.88 bits per heavy atom. The number of benzene rings is 2. The van der Waals surface area contributed by atoms with E-state index in [0.717, 1.165) is 31.1 Å². The molecule has 5 heteroatoms. The Balaban J connectivity index is 1.64. The van der Waals surface area contributed by atoms with E-state index in [-0.39, 0.29) is 11.7 Å². The molecule has 1 aliphatic heterocycles. The zero-order chi connectivity index (χ0) is 18.5. The first-order chi connectivity index (χ1) is 12.5. The molecule has 1 saturated heterocycles. The summed E-state index contributed by atoms with van der Waals surface area (Å²) >= 11 is 3.25. The number of likely N-dealkylation sites (tertiary alicyclic amines) is 1. The Hall–Kier alpha value is -1.72. The van der Waals surface area contributed by atoms with Gasteiger partial charge >= 0.3 is 0 Å². The van der Waals surface area contributed by atoms with Crippen molar-refractivity contribution in [3.05, 3.63) is 69.4 Å². The molecular weight excluding hydrogens is 395 g/mol. The quantitative estimate of drug-likeness (QED) is 0.759. The lowest BCUT2D eigenvalue weighted by molar-refractivity contribution is 0.0950. The summed E-state index contributed by atoms with van der Waals surface area (Å²) in [4.78, 5) is 14.9. The molecule has 3 rings (SSSR count). The molecule has 3 nitrogen and oxygen atoms in total. The van der Waals surface area contributed by atoms with E-state index in [0.29, 0.717) is 16.6 Å². The predicted molar refractivity (Wildman–Crippen MR) is 105 cm³/mol. The van der Waals surface area contributed by atoms with Gasteiger partial charge in [0.2, 0.25) is 0 Å². The van der Waals surface area contributed by atoms with E-state index in [1.165, 1.54) is 36.6 Å². The van der Waals surface area contributed by atoms with Crippen molar-refractivity contribution in [1.82, 2.24) is 10.2 Å². The second-order valence-corrected chi connectivity index (χ2v) is 7.89. The summed E-state index contributed by atoms with van der Waals surface area (Å²) in [6.45, 7) is 5.95. The second-order valence-electron chi connectivity index (χ2n) is 7.03. The lowest BCUT2D eigenvalue weighted by Crippen LogP contribution is -2.33. The van der Waals surface area contributed by atoms with Crippen LogP contribution in [0, 0.1) is 11.7 Å². The smallest absolute Gasteiger partial charge is 0.252 e. The van der Waals surface area contributed by atoms with Crippen molar-refractivity contribution in [3.63, 3.8) is 0 Å². The van der Waals surface area contributed by atoms with E-state index in [1.807, 2.05) is 12.1 Å². The number of hydrogen-bond donors (Lipinski definition) is 1. The highest BCUT2D eigenvalue weighted by molar-refractivity contribution is 9.10. The van der Waals surface area contributed by atoms with Crippen molar-refractivity contribution in [2.45, 2.75) is 32.9 Å². The largest absolute Gasteiger partial charge is 0.348 e. The Morgan fingerprint density at radius 1 is 1.19 bits per heavy atom. The zero-order valence-electron chi connectivity index (χ0n) is 15.0. The van der Waals surface area contributed by atoms with Crippen LogP contribution in [-0.2, 0) is 13.1 Å². The third-order valence-electron chi connectivity index (χ3n) is 5.00. The van der Waals surface area contributed by atoms with Gasteiger partial charge in [0.15, 0.2) is 0 Å². The summed E-state index contributed by atoms with van der Waals surface area (Å²) in [5.74, 6) is 0.239. The van der Waals surface area contributed by atoms with Gasteiger partial charge in [-0.1, -0.05) is 31.2 Å². The number of halogens is 2. The van der Waals surface area contributed by atoms with Gasteiger partial charge < -0.3 is 5.32 Å². The summed E-state index contributed by atoms with van der Waals surface area (Å²) in [5.41, 5.74) is 2.81. The Kier molecular flexibility index (Phi) is 6.43. The van der Waals surface area contributed by atoms with Crippen LogP contribution in [0.2, 0.25) is 0 Å². The number of hydrogen-bond acceptors (Lipinski definition) is 2. The van der Waals surface area contributed by atoms with Crippen LogP contribution < -0.4 is 5.32 Å². The standard InChI is InChI=1S/C21H24BrFN2O/c1-15-8-10-25(11-9-15)14-17-5-3-2-4-16(17)13-24-21(26)19-7-6-18(23)12-20(19)22/h2-7,12,15H,8-11,13-14H2,1H3,(H,24,26). The first-order valence-corrected chi connectivity index (χ1v) is 9.84. The minimum atomic E-state index is -0.366. The SMILES string of the molecule is CC1CCN(Cc2ccccc2CNC(=O)c2ccc(F)cc2Br)CC1. The van der Waals surface area contributed by atoms with Crippen LogP contribution in [0.4, 0.5) is 4.39 Å². The maximum atomic E-state index is 13.2. The lowest BCUT2D eigenvalue weighted by Gasteiger charge is -2.30. The monoisotopic (exact) mass is 418 g/mol. The molecule has 0 spiro atoms. The fourth-order valence-electron chi connectivity index (χ4n) is 3.29. The van der Waals surface area contributed by atoms with E-state index >= 15 is 0 Å². The number of nitrogens with zero attached hydrogens (tertiary/aromatic N) is 1. The van der Waals surface area contributed by atoms with Crippen molar-refractivity contribution in [2.24, 2.45) is 5.92 Å². The zero-order valence-corrected chi connectivity index (χ0v) is 16.6. The molecule has 0 aromatic heterocycles. The van der Waals surface area contributed by atoms with Crippen molar-refractivity contribution in [3.8, 4) is 0 Å². The summed E-state index contributed by atoms with van der Waals surface area (Å²) in [7, 11) is 0. The van der Waals surface area contributed by atoms with Crippen LogP contribution in [0.3, 0.4) is 0 Å². The van der Waals surface area contributed by atoms with Gasteiger partial charge in [0.05, 0.1) is 5.56 Å². The molecule has 1 N–H and O–H groups in total. The van der Waals surface area contributed by atoms with Crippen molar-refractivity contribution in [2.75, 3.05) is 13.1 Å². The minimum Gasteiger partial charge on any atom is -0.348 e. The van der Waals surface area contributed by atoms with Gasteiger partial charge in [0.1, 0.15) is 5.82 Å². The Morgan fingerprint density at radius 3 is 2.58 bits per heavy atom. The molecule has 2 aromatic rings. The van der Waals surface area contributed by atoms with Crippen molar-refractivity contribution < 1.29 is 9.18 Å². The Labute approximate surface area is 162 Å². The third kappa shape index (κ3) is 4.92. The molecule has 2 aromatic carbocycles. The fraction of sp³-hybridized carbons (Fsp3) is 0.381. The molecule has 0 radical (unpaired) electrons. The molecule has 0 aliphatic carbocycles. The molecule has 1 amide bonds. The number of carbonyl (C=O) groups excluding carboxylic acids is 1. The molecule has 1 aliphatic rings. The molecule has 0 atom stereocenters. The molecule has 1 fully saturated rings. The van der Waals surface area contributed by atoms with Gasteiger partial charge in [0.25, 0.3) is 5.91 Å². The van der Waals surface area contributed by atoms with Crippen LogP contribution >= 0.6 is 15.9 Å². The number of carbonyl (C=O) groups is 1. The average molecular weight is 419 g/mol. The van der Waals surface area contributed by atoms with E-state index in [9.17, 15) is 9.18 Å². The highest BCUT2D eigenvalue weighted by atomic mass is 79.9. The van der Waals surface area contributed by atoms with Gasteiger partial charge in [-0.3, -0.25) is 9.69 Å². The number of piperidine rings is 1. The third-order valence-corrected chi connectivity index (χ3v) is 5.66. The summed E-state index contributed by atoms with van der Waals surface area (Å²) in [5, 5.41) is 2.95. The maximum absolute atomic E-state index is 13.2. The fourth-order valence-corrected chi connectivity index (χ4v) is 3.82. The predicted octanol–water partition coefficient (Wildman–Crippen LogP) is 4.75. The first-order valence-electron chi connectivity index (χ1n) is 9.05. The van der Waals surface area contributed by atoms with E-state index in [1.54, 1.807) is 0 Å². The number of nitrogens with one attached hydrogen (secondary N) is 1. The highest BCUT2D eigenvalue weighted by Gasteiger charge is 2.17. The molecular formula is C21H24BrFN2O. The molecule has 0 saturated carbocycles. The maximum Gasteiger partial charge on any atom is 0.252 e. The van der Waals surface area contributed by atoms with Crippen LogP contribution in [0.5, 0.6) is 0 Å². The van der Waals surface area contributed by atoms with Crippen LogP contribution in [0.25, 0.3) is 0 Å². The van der Waals surface area contributed by atoms with Crippen LogP contribution in [0.1, 0.15) is 41.3 Å². The Bertz CT molecular complexity index is 772. The topological polar surface area (TPSA) is 32.3 Å². The molecule has 1 heterocycles. The van der Waals surface area contributed by atoms with Crippen molar-refractivity contribution in [1.29, 1.82) is 0 Å². The first kappa shape index (κ1) is 19.1.